The van der Waals surface area contributed by atoms with Gasteiger partial charge < -0.3 is 5.32 Å². The van der Waals surface area contributed by atoms with E-state index in [-0.39, 0.29) is 16.7 Å². The standard InChI is InChI=1S/C19H19ClFNO/c20-13-10-11(8-9-14(13)21)18-12-4-1-2-5-15(12)22-16-6-3-7-17(23)19(16)18/h8-10,18,22H,1-7H2. The first-order valence-electron chi connectivity index (χ1n) is 8.35. The van der Waals surface area contributed by atoms with Gasteiger partial charge in [-0.05, 0) is 61.8 Å². The molecule has 0 bridgehead atoms. The fourth-order valence-corrected chi connectivity index (χ4v) is 4.32. The summed E-state index contributed by atoms with van der Waals surface area (Å²) in [5.74, 6) is -0.236. The molecule has 0 amide bonds. The zero-order valence-corrected chi connectivity index (χ0v) is 13.7. The van der Waals surface area contributed by atoms with Crippen molar-refractivity contribution in [2.45, 2.75) is 50.9 Å². The molecule has 1 atom stereocenters. The van der Waals surface area contributed by atoms with Gasteiger partial charge >= 0.3 is 0 Å². The van der Waals surface area contributed by atoms with Crippen molar-refractivity contribution in [2.24, 2.45) is 0 Å². The topological polar surface area (TPSA) is 29.1 Å². The number of Topliss-reactive ketones (excluding diaryl/α,β-unsaturated/α-hetero) is 1. The lowest BCUT2D eigenvalue weighted by Gasteiger charge is -2.38. The minimum absolute atomic E-state index is 0.0487. The molecule has 0 saturated carbocycles. The molecule has 23 heavy (non-hydrogen) atoms. The monoisotopic (exact) mass is 331 g/mol. The molecule has 1 N–H and O–H groups in total. The van der Waals surface area contributed by atoms with Crippen LogP contribution in [0.15, 0.2) is 40.7 Å². The van der Waals surface area contributed by atoms with E-state index in [1.165, 1.54) is 23.8 Å². The van der Waals surface area contributed by atoms with E-state index in [2.05, 4.69) is 5.32 Å². The van der Waals surface area contributed by atoms with Crippen LogP contribution in [-0.4, -0.2) is 5.78 Å². The number of benzene rings is 1. The first kappa shape index (κ1) is 14.9. The van der Waals surface area contributed by atoms with Crippen LogP contribution >= 0.6 is 11.6 Å². The van der Waals surface area contributed by atoms with Crippen LogP contribution in [0.25, 0.3) is 0 Å². The van der Waals surface area contributed by atoms with Gasteiger partial charge in [0.15, 0.2) is 5.78 Å². The predicted molar refractivity (Wildman–Crippen MR) is 88.7 cm³/mol. The van der Waals surface area contributed by atoms with E-state index >= 15 is 0 Å². The minimum Gasteiger partial charge on any atom is -0.362 e. The van der Waals surface area contributed by atoms with Gasteiger partial charge in [-0.3, -0.25) is 4.79 Å². The summed E-state index contributed by atoms with van der Waals surface area (Å²) in [6.45, 7) is 0. The van der Waals surface area contributed by atoms with Gasteiger partial charge in [0, 0.05) is 29.3 Å². The number of allylic oxidation sites excluding steroid dienone is 4. The molecule has 3 aliphatic rings. The van der Waals surface area contributed by atoms with Crippen molar-refractivity contribution < 1.29 is 9.18 Å². The average molecular weight is 332 g/mol. The Hall–Kier alpha value is -1.61. The first-order chi connectivity index (χ1) is 11.1. The molecule has 0 fully saturated rings. The number of hydrogen-bond acceptors (Lipinski definition) is 2. The minimum atomic E-state index is -0.411. The highest BCUT2D eigenvalue weighted by atomic mass is 35.5. The molecule has 4 heteroatoms. The molecule has 1 heterocycles. The quantitative estimate of drug-likeness (QED) is 0.784. The summed E-state index contributed by atoms with van der Waals surface area (Å²) in [6.07, 6.45) is 6.78. The lowest BCUT2D eigenvalue weighted by Crippen LogP contribution is -2.33. The van der Waals surface area contributed by atoms with Crippen molar-refractivity contribution in [2.75, 3.05) is 0 Å². The third-order valence-electron chi connectivity index (χ3n) is 5.18. The number of rotatable bonds is 1. The van der Waals surface area contributed by atoms with Crippen LogP contribution < -0.4 is 5.32 Å². The van der Waals surface area contributed by atoms with E-state index in [4.69, 9.17) is 11.6 Å². The Morgan fingerprint density at radius 2 is 1.83 bits per heavy atom. The highest BCUT2D eigenvalue weighted by Crippen LogP contribution is 2.46. The van der Waals surface area contributed by atoms with E-state index < -0.39 is 5.82 Å². The van der Waals surface area contributed by atoms with Crippen molar-refractivity contribution in [1.82, 2.24) is 5.32 Å². The summed E-state index contributed by atoms with van der Waals surface area (Å²) in [6, 6.07) is 4.89. The summed E-state index contributed by atoms with van der Waals surface area (Å²) < 4.78 is 13.6. The van der Waals surface area contributed by atoms with Crippen LogP contribution in [0.2, 0.25) is 5.02 Å². The molecule has 1 aliphatic heterocycles. The van der Waals surface area contributed by atoms with Gasteiger partial charge in [0.2, 0.25) is 0 Å². The lowest BCUT2D eigenvalue weighted by atomic mass is 9.72. The zero-order valence-electron chi connectivity index (χ0n) is 12.9. The second kappa shape index (κ2) is 5.79. The van der Waals surface area contributed by atoms with Crippen molar-refractivity contribution in [1.29, 1.82) is 0 Å². The van der Waals surface area contributed by atoms with Crippen molar-refractivity contribution in [3.8, 4) is 0 Å². The Balaban J connectivity index is 1.87. The Kier molecular flexibility index (Phi) is 3.76. The van der Waals surface area contributed by atoms with E-state index in [0.29, 0.717) is 6.42 Å². The molecule has 2 aliphatic carbocycles. The molecule has 0 aromatic heterocycles. The Bertz CT molecular complexity index is 750. The average Bonchev–Trinajstić information content (AvgIpc) is 2.56. The van der Waals surface area contributed by atoms with Crippen LogP contribution in [0.3, 0.4) is 0 Å². The number of dihydropyridines is 1. The van der Waals surface area contributed by atoms with Crippen LogP contribution in [0.1, 0.15) is 56.4 Å². The smallest absolute Gasteiger partial charge is 0.161 e. The van der Waals surface area contributed by atoms with Crippen LogP contribution in [0.4, 0.5) is 4.39 Å². The van der Waals surface area contributed by atoms with E-state index in [1.807, 2.05) is 0 Å². The lowest BCUT2D eigenvalue weighted by molar-refractivity contribution is -0.116. The number of ketones is 1. The van der Waals surface area contributed by atoms with Gasteiger partial charge in [-0.25, -0.2) is 4.39 Å². The number of hydrogen-bond donors (Lipinski definition) is 1. The molecule has 1 aromatic rings. The Morgan fingerprint density at radius 1 is 1.04 bits per heavy atom. The fraction of sp³-hybridized carbons (Fsp3) is 0.421. The fourth-order valence-electron chi connectivity index (χ4n) is 4.13. The Labute approximate surface area is 140 Å². The highest BCUT2D eigenvalue weighted by molar-refractivity contribution is 6.30. The maximum absolute atomic E-state index is 13.6. The largest absolute Gasteiger partial charge is 0.362 e. The molecular formula is C19H19ClFNO. The molecule has 1 unspecified atom stereocenters. The second-order valence-corrected chi connectivity index (χ2v) is 7.02. The van der Waals surface area contributed by atoms with E-state index in [9.17, 15) is 9.18 Å². The van der Waals surface area contributed by atoms with Crippen molar-refractivity contribution >= 4 is 17.4 Å². The summed E-state index contributed by atoms with van der Waals surface area (Å²) >= 11 is 6.01. The van der Waals surface area contributed by atoms with Gasteiger partial charge in [-0.1, -0.05) is 17.7 Å². The van der Waals surface area contributed by atoms with Gasteiger partial charge in [0.1, 0.15) is 5.82 Å². The summed E-state index contributed by atoms with van der Waals surface area (Å²) in [4.78, 5) is 12.6. The van der Waals surface area contributed by atoms with E-state index in [0.717, 1.165) is 48.9 Å². The zero-order chi connectivity index (χ0) is 16.0. The summed E-state index contributed by atoms with van der Waals surface area (Å²) in [7, 11) is 0. The summed E-state index contributed by atoms with van der Waals surface area (Å²) in [5.41, 5.74) is 5.48. The molecular weight excluding hydrogens is 313 g/mol. The second-order valence-electron chi connectivity index (χ2n) is 6.61. The van der Waals surface area contributed by atoms with Gasteiger partial charge in [0.25, 0.3) is 0 Å². The van der Waals surface area contributed by atoms with Crippen LogP contribution in [-0.2, 0) is 4.79 Å². The number of nitrogens with one attached hydrogen (secondary N) is 1. The Morgan fingerprint density at radius 3 is 2.65 bits per heavy atom. The van der Waals surface area contributed by atoms with Crippen molar-refractivity contribution in [3.63, 3.8) is 0 Å². The van der Waals surface area contributed by atoms with Crippen LogP contribution in [0, 0.1) is 5.82 Å². The predicted octanol–water partition coefficient (Wildman–Crippen LogP) is 5.00. The third kappa shape index (κ3) is 2.51. The van der Waals surface area contributed by atoms with Gasteiger partial charge in [-0.15, -0.1) is 0 Å². The van der Waals surface area contributed by atoms with Gasteiger partial charge in [-0.2, -0.15) is 0 Å². The maximum atomic E-state index is 13.6. The van der Waals surface area contributed by atoms with E-state index in [1.54, 1.807) is 12.1 Å². The summed E-state index contributed by atoms with van der Waals surface area (Å²) in [5, 5.41) is 3.67. The number of halogens is 2. The maximum Gasteiger partial charge on any atom is 0.161 e. The number of carbonyl (C=O) groups is 1. The van der Waals surface area contributed by atoms with Gasteiger partial charge in [0.05, 0.1) is 5.02 Å². The van der Waals surface area contributed by atoms with Crippen molar-refractivity contribution in [3.05, 3.63) is 57.1 Å². The number of carbonyl (C=O) groups excluding carboxylic acids is 1. The highest BCUT2D eigenvalue weighted by Gasteiger charge is 2.37. The normalized spacial score (nSPS) is 24.3. The first-order valence-corrected chi connectivity index (χ1v) is 8.73. The van der Waals surface area contributed by atoms with Crippen LogP contribution in [0.5, 0.6) is 0 Å². The molecule has 0 radical (unpaired) electrons. The third-order valence-corrected chi connectivity index (χ3v) is 5.47. The molecule has 120 valence electrons. The molecule has 1 aromatic carbocycles. The molecule has 0 saturated heterocycles. The molecule has 4 rings (SSSR count). The SMILES string of the molecule is O=C1CCCC2=C1C(c1ccc(F)c(Cl)c1)C1=C(CCCC1)N2. The molecule has 2 nitrogen and oxygen atoms in total. The molecule has 0 spiro atoms.